The van der Waals surface area contributed by atoms with Crippen LogP contribution in [0.5, 0.6) is 0 Å². The van der Waals surface area contributed by atoms with Gasteiger partial charge in [0.05, 0.1) is 0 Å². The van der Waals surface area contributed by atoms with Crippen molar-refractivity contribution in [1.29, 1.82) is 0 Å². The number of amides is 2. The lowest BCUT2D eigenvalue weighted by Crippen LogP contribution is -2.57. The van der Waals surface area contributed by atoms with Gasteiger partial charge in [0.25, 0.3) is 0 Å². The first-order valence-electron chi connectivity index (χ1n) is 9.67. The highest BCUT2D eigenvalue weighted by molar-refractivity contribution is 14.1. The van der Waals surface area contributed by atoms with E-state index < -0.39 is 9.51 Å². The van der Waals surface area contributed by atoms with Gasteiger partial charge in [0.2, 0.25) is 3.55 Å². The molecule has 0 aromatic heterocycles. The van der Waals surface area contributed by atoms with Crippen LogP contribution in [0.25, 0.3) is 0 Å². The number of hydrogen-bond acceptors (Lipinski definition) is 3. The van der Waals surface area contributed by atoms with Gasteiger partial charge in [-0.1, -0.05) is 70.5 Å². The van der Waals surface area contributed by atoms with Crippen LogP contribution in [0.1, 0.15) is 29.5 Å². The van der Waals surface area contributed by atoms with Crippen molar-refractivity contribution in [3.8, 4) is 0 Å². The number of alkyl halides is 2. The van der Waals surface area contributed by atoms with Crippen LogP contribution in [-0.4, -0.2) is 35.3 Å². The number of carbonyl (C=O) groups is 2. The number of nitrogens with one attached hydrogen (secondary N) is 1. The summed E-state index contributed by atoms with van der Waals surface area (Å²) in [6.07, 6.45) is 2.58. The van der Waals surface area contributed by atoms with Crippen molar-refractivity contribution in [3.05, 3.63) is 71.3 Å². The lowest BCUT2D eigenvalue weighted by Gasteiger charge is -2.42. The summed E-state index contributed by atoms with van der Waals surface area (Å²) in [6, 6.07) is 17.1. The molecular weight excluding hydrogens is 547 g/mol. The van der Waals surface area contributed by atoms with E-state index in [9.17, 15) is 9.59 Å². The lowest BCUT2D eigenvalue weighted by molar-refractivity contribution is -0.152. The molecule has 1 atom stereocenters. The number of hydrogen-bond donors (Lipinski definition) is 1. The van der Waals surface area contributed by atoms with Crippen molar-refractivity contribution in [2.24, 2.45) is 0 Å². The molecule has 2 aromatic carbocycles. The number of rotatable bonds is 7. The van der Waals surface area contributed by atoms with Crippen LogP contribution in [0, 0.1) is 0 Å². The van der Waals surface area contributed by atoms with Gasteiger partial charge < -0.3 is 10.1 Å². The Morgan fingerprint density at radius 2 is 1.83 bits per heavy atom. The zero-order valence-corrected chi connectivity index (χ0v) is 19.8. The summed E-state index contributed by atoms with van der Waals surface area (Å²) in [6.45, 7) is 1.21. The number of nitrogens with zero attached hydrogens (tertiary/aromatic N) is 1. The Kier molecular flexibility index (Phi) is 7.94. The van der Waals surface area contributed by atoms with Crippen molar-refractivity contribution in [2.45, 2.75) is 29.4 Å². The number of ether oxygens (including phenoxy) is 1. The number of carbonyl (C=O) groups excluding carboxylic acids is 2. The number of urea groups is 1. The van der Waals surface area contributed by atoms with Crippen LogP contribution in [-0.2, 0) is 26.1 Å². The lowest BCUT2D eigenvalue weighted by atomic mass is 9.92. The quantitative estimate of drug-likeness (QED) is 0.172. The molecule has 2 aromatic rings. The number of unbranched alkanes of at least 4 members (excludes halogenated alkanes) is 1. The highest BCUT2D eigenvalue weighted by Gasteiger charge is 2.50. The molecule has 0 bridgehead atoms. The maximum atomic E-state index is 13.3. The van der Waals surface area contributed by atoms with E-state index in [-0.39, 0.29) is 12.6 Å². The van der Waals surface area contributed by atoms with Gasteiger partial charge in [0.1, 0.15) is 6.61 Å². The minimum absolute atomic E-state index is 0.174. The number of esters is 1. The first-order chi connectivity index (χ1) is 14.1. The molecular formula is C22H24BrIN2O3. The van der Waals surface area contributed by atoms with Crippen molar-refractivity contribution in [3.63, 3.8) is 0 Å². The molecule has 5 nitrogen and oxygen atoms in total. The molecule has 1 N–H and O–H groups in total. The number of fused-ring (bicyclic) bond motifs is 1. The molecule has 0 spiro atoms. The van der Waals surface area contributed by atoms with Gasteiger partial charge in [-0.3, -0.25) is 4.90 Å². The molecule has 0 aliphatic carbocycles. The third kappa shape index (κ3) is 5.12. The van der Waals surface area contributed by atoms with Gasteiger partial charge in [-0.25, -0.2) is 9.59 Å². The fourth-order valence-corrected chi connectivity index (χ4v) is 4.92. The second-order valence-electron chi connectivity index (χ2n) is 6.87. The summed E-state index contributed by atoms with van der Waals surface area (Å²) in [5.74, 6) is -0.426. The van der Waals surface area contributed by atoms with E-state index in [1.807, 2.05) is 54.6 Å². The highest BCUT2D eigenvalue weighted by Crippen LogP contribution is 2.42. The van der Waals surface area contributed by atoms with Crippen LogP contribution < -0.4 is 5.32 Å². The van der Waals surface area contributed by atoms with Gasteiger partial charge in [-0.2, -0.15) is 0 Å². The molecule has 7 heteroatoms. The van der Waals surface area contributed by atoms with Crippen molar-refractivity contribution < 1.29 is 14.3 Å². The predicted octanol–water partition coefficient (Wildman–Crippen LogP) is 4.76. The first-order valence-corrected chi connectivity index (χ1v) is 11.9. The van der Waals surface area contributed by atoms with Crippen LogP contribution >= 0.6 is 38.5 Å². The monoisotopic (exact) mass is 570 g/mol. The average molecular weight is 571 g/mol. The second-order valence-corrected chi connectivity index (χ2v) is 9.22. The highest BCUT2D eigenvalue weighted by atomic mass is 127. The van der Waals surface area contributed by atoms with Crippen LogP contribution in [0.3, 0.4) is 0 Å². The Morgan fingerprint density at radius 3 is 2.59 bits per heavy atom. The third-order valence-corrected chi connectivity index (χ3v) is 7.08. The Labute approximate surface area is 193 Å². The van der Waals surface area contributed by atoms with Crippen LogP contribution in [0.2, 0.25) is 0 Å². The smallest absolute Gasteiger partial charge is 0.347 e. The molecule has 1 aliphatic heterocycles. The summed E-state index contributed by atoms with van der Waals surface area (Å²) in [7, 11) is 0. The summed E-state index contributed by atoms with van der Waals surface area (Å²) in [4.78, 5) is 27.9. The Hall–Kier alpha value is -1.61. The SMILES string of the molecule is O=C(NCCCCBr)N1CCc2ccccc2[C@]1(I)C(=O)OCc1ccccc1. The predicted molar refractivity (Wildman–Crippen MR) is 125 cm³/mol. The third-order valence-electron chi connectivity index (χ3n) is 4.92. The van der Waals surface area contributed by atoms with E-state index in [4.69, 9.17) is 4.74 Å². The maximum absolute atomic E-state index is 13.3. The summed E-state index contributed by atoms with van der Waals surface area (Å²) in [5, 5.41) is 3.86. The normalized spacial score (nSPS) is 18.1. The molecule has 3 rings (SSSR count). The average Bonchev–Trinajstić information content (AvgIpc) is 2.76. The summed E-state index contributed by atoms with van der Waals surface area (Å²) in [5.41, 5.74) is 2.80. The summed E-state index contributed by atoms with van der Waals surface area (Å²) >= 11 is 5.48. The Bertz CT molecular complexity index is 849. The van der Waals surface area contributed by atoms with Crippen LogP contribution in [0.4, 0.5) is 4.79 Å². The molecule has 154 valence electrons. The van der Waals surface area contributed by atoms with Crippen molar-refractivity contribution in [2.75, 3.05) is 18.4 Å². The molecule has 0 saturated carbocycles. The zero-order chi connectivity index (χ0) is 20.7. The molecule has 1 aliphatic rings. The second kappa shape index (κ2) is 10.4. The van der Waals surface area contributed by atoms with E-state index >= 15 is 0 Å². The zero-order valence-electron chi connectivity index (χ0n) is 16.1. The molecule has 29 heavy (non-hydrogen) atoms. The Balaban J connectivity index is 1.82. The fourth-order valence-electron chi connectivity index (χ4n) is 3.38. The van der Waals surface area contributed by atoms with Gasteiger partial charge in [0.15, 0.2) is 0 Å². The van der Waals surface area contributed by atoms with E-state index in [2.05, 4.69) is 43.8 Å². The molecule has 0 radical (unpaired) electrons. The van der Waals surface area contributed by atoms with Gasteiger partial charge >= 0.3 is 12.0 Å². The van der Waals surface area contributed by atoms with Crippen molar-refractivity contribution in [1.82, 2.24) is 10.2 Å². The molecule has 0 saturated heterocycles. The van der Waals surface area contributed by atoms with Crippen molar-refractivity contribution >= 4 is 50.5 Å². The summed E-state index contributed by atoms with van der Waals surface area (Å²) < 4.78 is 4.48. The number of benzene rings is 2. The topological polar surface area (TPSA) is 58.6 Å². The van der Waals surface area contributed by atoms with Gasteiger partial charge in [-0.05, 0) is 53.0 Å². The van der Waals surface area contributed by atoms with E-state index in [0.29, 0.717) is 19.5 Å². The van der Waals surface area contributed by atoms with Crippen LogP contribution in [0.15, 0.2) is 54.6 Å². The maximum Gasteiger partial charge on any atom is 0.347 e. The molecule has 0 fully saturated rings. The van der Waals surface area contributed by atoms with E-state index in [1.54, 1.807) is 4.90 Å². The standard InChI is InChI=1S/C22H24BrIN2O3/c23-13-6-7-14-25-21(28)26-15-12-18-10-4-5-11-19(18)22(26,24)20(27)29-16-17-8-2-1-3-9-17/h1-5,8-11H,6-7,12-16H2,(H,25,28)/t22-/m1/s1. The molecule has 0 unspecified atom stereocenters. The Morgan fingerprint density at radius 1 is 1.10 bits per heavy atom. The molecule has 1 heterocycles. The largest absolute Gasteiger partial charge is 0.458 e. The minimum Gasteiger partial charge on any atom is -0.458 e. The fraction of sp³-hybridized carbons (Fsp3) is 0.364. The minimum atomic E-state index is -1.19. The first kappa shape index (κ1) is 22.1. The van der Waals surface area contributed by atoms with Gasteiger partial charge in [-0.15, -0.1) is 0 Å². The van der Waals surface area contributed by atoms with E-state index in [0.717, 1.165) is 34.9 Å². The number of halogens is 2. The van der Waals surface area contributed by atoms with E-state index in [1.165, 1.54) is 0 Å². The van der Waals surface area contributed by atoms with Gasteiger partial charge in [0, 0.05) is 24.0 Å². The molecule has 2 amide bonds.